The highest BCUT2D eigenvalue weighted by Crippen LogP contribution is 2.33. The monoisotopic (exact) mass is 482 g/mol. The van der Waals surface area contributed by atoms with Gasteiger partial charge in [-0.3, -0.25) is 14.2 Å². The van der Waals surface area contributed by atoms with Crippen LogP contribution in [-0.2, 0) is 17.6 Å². The van der Waals surface area contributed by atoms with E-state index in [4.69, 9.17) is 9.47 Å². The first-order valence-corrected chi connectivity index (χ1v) is 12.5. The van der Waals surface area contributed by atoms with Crippen molar-refractivity contribution in [1.82, 2.24) is 15.0 Å². The second-order valence-corrected chi connectivity index (χ2v) is 9.45. The quantitative estimate of drug-likeness (QED) is 0.280. The number of fused-ring (bicyclic) bond motifs is 3. The Morgan fingerprint density at radius 1 is 1.32 bits per heavy atom. The van der Waals surface area contributed by atoms with E-state index in [-0.39, 0.29) is 5.56 Å². The molecule has 1 atom stereocenters. The maximum Gasteiger partial charge on any atom is 0.263 e. The van der Waals surface area contributed by atoms with Crippen LogP contribution in [-0.4, -0.2) is 35.4 Å². The summed E-state index contributed by atoms with van der Waals surface area (Å²) in [5, 5.41) is 4.73. The molecule has 8 nitrogen and oxygen atoms in total. The molecule has 1 aromatic carbocycles. The number of hydrazone groups is 1. The number of unbranched alkanes of at least 4 members (excludes halogenated alkanes) is 1. The summed E-state index contributed by atoms with van der Waals surface area (Å²) in [6, 6.07) is 4.71. The van der Waals surface area contributed by atoms with Crippen LogP contribution in [0.2, 0.25) is 0 Å². The fraction of sp³-hybridized carbons (Fsp3) is 0.440. The van der Waals surface area contributed by atoms with Gasteiger partial charge in [0.05, 0.1) is 31.6 Å². The van der Waals surface area contributed by atoms with Crippen LogP contribution in [0.5, 0.6) is 11.5 Å². The lowest BCUT2D eigenvalue weighted by atomic mass is 9.97. The number of benzene rings is 1. The molecule has 1 N–H and O–H groups in total. The van der Waals surface area contributed by atoms with Gasteiger partial charge in [-0.05, 0) is 68.4 Å². The van der Waals surface area contributed by atoms with Crippen molar-refractivity contribution >= 4 is 33.7 Å². The number of ether oxygens (including phenoxy) is 2. The summed E-state index contributed by atoms with van der Waals surface area (Å²) >= 11 is 1.60. The van der Waals surface area contributed by atoms with E-state index in [0.717, 1.165) is 54.5 Å². The molecule has 0 aliphatic heterocycles. The van der Waals surface area contributed by atoms with Crippen molar-refractivity contribution in [2.45, 2.75) is 58.4 Å². The van der Waals surface area contributed by atoms with E-state index < -0.39 is 11.9 Å². The number of aromatic nitrogens is 2. The lowest BCUT2D eigenvalue weighted by molar-refractivity contribution is -0.123. The fourth-order valence-electron chi connectivity index (χ4n) is 4.04. The lowest BCUT2D eigenvalue weighted by Gasteiger charge is -2.14. The summed E-state index contributed by atoms with van der Waals surface area (Å²) in [5.41, 5.74) is 4.22. The molecular weight excluding hydrogens is 452 g/mol. The van der Waals surface area contributed by atoms with Gasteiger partial charge in [0.25, 0.3) is 11.5 Å². The average Bonchev–Trinajstić information content (AvgIpc) is 3.24. The largest absolute Gasteiger partial charge is 0.493 e. The molecule has 2 aromatic heterocycles. The Morgan fingerprint density at radius 2 is 2.15 bits per heavy atom. The minimum atomic E-state index is -0.746. The summed E-state index contributed by atoms with van der Waals surface area (Å²) < 4.78 is 12.5. The number of nitrogens with one attached hydrogen (secondary N) is 1. The first-order chi connectivity index (χ1) is 16.5. The van der Waals surface area contributed by atoms with Crippen LogP contribution in [0.4, 0.5) is 0 Å². The number of hydrogen-bond donors (Lipinski definition) is 1. The van der Waals surface area contributed by atoms with Crippen molar-refractivity contribution < 1.29 is 14.3 Å². The normalized spacial score (nSPS) is 14.2. The first-order valence-electron chi connectivity index (χ1n) is 11.7. The maximum absolute atomic E-state index is 13.2. The molecular formula is C25H30N4O4S. The van der Waals surface area contributed by atoms with Crippen molar-refractivity contribution in [1.29, 1.82) is 0 Å². The van der Waals surface area contributed by atoms with Crippen molar-refractivity contribution in [3.8, 4) is 11.5 Å². The predicted molar refractivity (Wildman–Crippen MR) is 134 cm³/mol. The van der Waals surface area contributed by atoms with Gasteiger partial charge in [0.1, 0.15) is 10.9 Å². The molecule has 0 bridgehead atoms. The number of amides is 1. The standard InChI is InChI=1S/C25H30N4O4S/c1-4-5-12-33-19-11-10-17(13-20(19)32-3)14-27-28-23(30)16(2)29-15-26-24-22(25(29)31)18-8-6-7-9-21(18)34-24/h10-11,13-16H,4-9,12H2,1-3H3,(H,28,30)/t16-/m1/s1. The van der Waals surface area contributed by atoms with Crippen molar-refractivity contribution in [3.63, 3.8) is 0 Å². The number of hydrogen-bond acceptors (Lipinski definition) is 7. The van der Waals surface area contributed by atoms with E-state index in [2.05, 4.69) is 22.4 Å². The van der Waals surface area contributed by atoms with Crippen LogP contribution in [0, 0.1) is 0 Å². The van der Waals surface area contributed by atoms with E-state index in [1.165, 1.54) is 22.0 Å². The average molecular weight is 483 g/mol. The second-order valence-electron chi connectivity index (χ2n) is 8.37. The smallest absolute Gasteiger partial charge is 0.263 e. The SMILES string of the molecule is CCCCOc1ccc(C=NNC(=O)[C@@H](C)n2cnc3sc4c(c3c2=O)CCCC4)cc1OC. The molecule has 9 heteroatoms. The summed E-state index contributed by atoms with van der Waals surface area (Å²) in [6.45, 7) is 4.40. The zero-order valence-electron chi connectivity index (χ0n) is 19.8. The molecule has 1 aliphatic carbocycles. The Bertz CT molecular complexity index is 1260. The number of nitrogens with zero attached hydrogens (tertiary/aromatic N) is 3. The lowest BCUT2D eigenvalue weighted by Crippen LogP contribution is -2.34. The molecule has 34 heavy (non-hydrogen) atoms. The van der Waals surface area contributed by atoms with Crippen LogP contribution >= 0.6 is 11.3 Å². The summed E-state index contributed by atoms with van der Waals surface area (Å²) in [5.74, 6) is 0.878. The Balaban J connectivity index is 1.45. The molecule has 2 heterocycles. The van der Waals surface area contributed by atoms with Gasteiger partial charge in [-0.25, -0.2) is 10.4 Å². The zero-order chi connectivity index (χ0) is 24.1. The number of rotatable bonds is 9. The fourth-order valence-corrected chi connectivity index (χ4v) is 5.25. The van der Waals surface area contributed by atoms with Crippen LogP contribution in [0.15, 0.2) is 34.4 Å². The summed E-state index contributed by atoms with van der Waals surface area (Å²) in [7, 11) is 1.58. The number of carbonyl (C=O) groups excluding carboxylic acids is 1. The molecule has 0 spiro atoms. The molecule has 1 aliphatic rings. The summed E-state index contributed by atoms with van der Waals surface area (Å²) in [4.78, 5) is 32.4. The highest BCUT2D eigenvalue weighted by Gasteiger charge is 2.23. The number of methoxy groups -OCH3 is 1. The van der Waals surface area contributed by atoms with Crippen LogP contribution < -0.4 is 20.5 Å². The van der Waals surface area contributed by atoms with E-state index in [9.17, 15) is 9.59 Å². The number of carbonyl (C=O) groups is 1. The maximum atomic E-state index is 13.2. The number of aryl methyl sites for hydroxylation is 2. The van der Waals surface area contributed by atoms with Crippen LogP contribution in [0.25, 0.3) is 10.2 Å². The molecule has 4 rings (SSSR count). The van der Waals surface area contributed by atoms with E-state index >= 15 is 0 Å². The first kappa shape index (κ1) is 23.9. The third-order valence-electron chi connectivity index (χ3n) is 6.03. The highest BCUT2D eigenvalue weighted by molar-refractivity contribution is 7.18. The topological polar surface area (TPSA) is 94.8 Å². The van der Waals surface area contributed by atoms with Gasteiger partial charge in [-0.15, -0.1) is 11.3 Å². The molecule has 1 amide bonds. The molecule has 0 radical (unpaired) electrons. The molecule has 3 aromatic rings. The summed E-state index contributed by atoms with van der Waals surface area (Å²) in [6.07, 6.45) is 9.13. The Labute approximate surface area is 202 Å². The van der Waals surface area contributed by atoms with Gasteiger partial charge in [-0.2, -0.15) is 5.10 Å². The Morgan fingerprint density at radius 3 is 2.94 bits per heavy atom. The minimum Gasteiger partial charge on any atom is -0.493 e. The van der Waals surface area contributed by atoms with Gasteiger partial charge >= 0.3 is 0 Å². The molecule has 0 saturated heterocycles. The van der Waals surface area contributed by atoms with Gasteiger partial charge in [0.15, 0.2) is 11.5 Å². The molecule has 0 fully saturated rings. The van der Waals surface area contributed by atoms with E-state index in [1.807, 2.05) is 12.1 Å². The van der Waals surface area contributed by atoms with Crippen LogP contribution in [0.1, 0.15) is 61.6 Å². The zero-order valence-corrected chi connectivity index (χ0v) is 20.6. The predicted octanol–water partition coefficient (Wildman–Crippen LogP) is 4.24. The van der Waals surface area contributed by atoms with Gasteiger partial charge in [0.2, 0.25) is 0 Å². The molecule has 180 valence electrons. The Hall–Kier alpha value is -3.20. The number of thiophene rings is 1. The second kappa shape index (κ2) is 10.8. The van der Waals surface area contributed by atoms with Crippen molar-refractivity contribution in [3.05, 3.63) is 50.9 Å². The van der Waals surface area contributed by atoms with E-state index in [1.54, 1.807) is 31.4 Å². The third-order valence-corrected chi connectivity index (χ3v) is 7.23. The molecule has 0 saturated carbocycles. The van der Waals surface area contributed by atoms with Gasteiger partial charge in [0, 0.05) is 4.88 Å². The van der Waals surface area contributed by atoms with Gasteiger partial charge < -0.3 is 9.47 Å². The molecule has 0 unspecified atom stereocenters. The minimum absolute atomic E-state index is 0.167. The highest BCUT2D eigenvalue weighted by atomic mass is 32.1. The van der Waals surface area contributed by atoms with Crippen LogP contribution in [0.3, 0.4) is 0 Å². The van der Waals surface area contributed by atoms with Gasteiger partial charge in [-0.1, -0.05) is 13.3 Å². The van der Waals surface area contributed by atoms with E-state index in [0.29, 0.717) is 23.5 Å². The third kappa shape index (κ3) is 4.99. The van der Waals surface area contributed by atoms with Crippen molar-refractivity contribution in [2.75, 3.05) is 13.7 Å². The van der Waals surface area contributed by atoms with Crippen molar-refractivity contribution in [2.24, 2.45) is 5.10 Å². The Kier molecular flexibility index (Phi) is 7.62.